The maximum absolute atomic E-state index is 13.0. The van der Waals surface area contributed by atoms with Crippen LogP contribution in [0, 0.1) is 5.92 Å². The summed E-state index contributed by atoms with van der Waals surface area (Å²) in [7, 11) is 1.89. The largest absolute Gasteiger partial charge is 0.348 e. The highest BCUT2D eigenvalue weighted by Gasteiger charge is 2.51. The number of amides is 2. The maximum Gasteiger partial charge on any atom is 0.226 e. The third-order valence-corrected chi connectivity index (χ3v) is 6.78. The molecule has 8 heteroatoms. The molecule has 5 rings (SSSR count). The van der Waals surface area contributed by atoms with Gasteiger partial charge in [-0.3, -0.25) is 14.3 Å². The number of rotatable bonds is 4. The molecule has 3 aliphatic rings. The van der Waals surface area contributed by atoms with Crippen LogP contribution in [0.1, 0.15) is 49.1 Å². The molecule has 1 spiro atoms. The first-order valence-corrected chi connectivity index (χ1v) is 10.7. The summed E-state index contributed by atoms with van der Waals surface area (Å²) in [5.74, 6) is 0.670. The van der Waals surface area contributed by atoms with Crippen LogP contribution in [-0.2, 0) is 35.0 Å². The number of fused-ring (bicyclic) bond motifs is 2. The van der Waals surface area contributed by atoms with Crippen LogP contribution >= 0.6 is 0 Å². The van der Waals surface area contributed by atoms with Gasteiger partial charge in [0.15, 0.2) is 0 Å². The van der Waals surface area contributed by atoms with E-state index >= 15 is 0 Å². The number of nitrogens with zero attached hydrogens (tertiary/aromatic N) is 5. The van der Waals surface area contributed by atoms with E-state index in [1.807, 2.05) is 24.3 Å². The average molecular weight is 396 g/mol. The van der Waals surface area contributed by atoms with Gasteiger partial charge in [0.1, 0.15) is 0 Å². The van der Waals surface area contributed by atoms with Crippen LogP contribution in [0.4, 0.5) is 0 Å². The molecule has 2 aromatic rings. The minimum Gasteiger partial charge on any atom is -0.348 e. The Bertz CT molecular complexity index is 919. The molecular formula is C21H28N6O2. The number of nitrogens with one attached hydrogen (secondary N) is 1. The fourth-order valence-electron chi connectivity index (χ4n) is 4.99. The van der Waals surface area contributed by atoms with Gasteiger partial charge < -0.3 is 14.8 Å². The fourth-order valence-corrected chi connectivity index (χ4v) is 4.99. The number of aromatic amines is 1. The van der Waals surface area contributed by atoms with Gasteiger partial charge in [-0.2, -0.15) is 5.10 Å². The van der Waals surface area contributed by atoms with E-state index in [4.69, 9.17) is 0 Å². The number of imidazole rings is 1. The van der Waals surface area contributed by atoms with Gasteiger partial charge in [-0.05, 0) is 37.7 Å². The summed E-state index contributed by atoms with van der Waals surface area (Å²) in [6.45, 7) is 2.10. The van der Waals surface area contributed by atoms with Crippen molar-refractivity contribution in [3.8, 4) is 0 Å². The van der Waals surface area contributed by atoms with Gasteiger partial charge in [0.2, 0.25) is 11.8 Å². The number of carbonyl (C=O) groups excluding carboxylic acids is 2. The second-order valence-corrected chi connectivity index (χ2v) is 8.68. The molecule has 1 N–H and O–H groups in total. The lowest BCUT2D eigenvalue weighted by molar-refractivity contribution is -0.145. The molecule has 0 radical (unpaired) electrons. The Morgan fingerprint density at radius 3 is 2.72 bits per heavy atom. The van der Waals surface area contributed by atoms with E-state index in [0.29, 0.717) is 25.9 Å². The van der Waals surface area contributed by atoms with Crippen molar-refractivity contribution in [2.75, 3.05) is 19.6 Å². The Morgan fingerprint density at radius 2 is 2.03 bits per heavy atom. The van der Waals surface area contributed by atoms with Crippen LogP contribution in [0.2, 0.25) is 0 Å². The highest BCUT2D eigenvalue weighted by molar-refractivity contribution is 5.82. The Labute approximate surface area is 170 Å². The topological polar surface area (TPSA) is 87.1 Å². The number of piperidine rings is 1. The summed E-state index contributed by atoms with van der Waals surface area (Å²) in [5.41, 5.74) is 2.92. The van der Waals surface area contributed by atoms with Gasteiger partial charge in [-0.1, -0.05) is 0 Å². The molecule has 4 heterocycles. The lowest BCUT2D eigenvalue weighted by atomic mass is 9.78. The lowest BCUT2D eigenvalue weighted by Gasteiger charge is -2.50. The molecule has 8 nitrogen and oxygen atoms in total. The van der Waals surface area contributed by atoms with Crippen LogP contribution < -0.4 is 0 Å². The quantitative estimate of drug-likeness (QED) is 0.846. The van der Waals surface area contributed by atoms with Crippen molar-refractivity contribution in [3.05, 3.63) is 35.7 Å². The summed E-state index contributed by atoms with van der Waals surface area (Å²) in [5, 5.41) is 4.17. The molecule has 2 aliphatic heterocycles. The van der Waals surface area contributed by atoms with Crippen LogP contribution in [-0.4, -0.2) is 61.0 Å². The molecule has 0 atom stereocenters. The smallest absolute Gasteiger partial charge is 0.226 e. The molecule has 2 amide bonds. The molecule has 29 heavy (non-hydrogen) atoms. The second-order valence-electron chi connectivity index (χ2n) is 8.68. The predicted octanol–water partition coefficient (Wildman–Crippen LogP) is 1.39. The van der Waals surface area contributed by atoms with Crippen LogP contribution in [0.3, 0.4) is 0 Å². The van der Waals surface area contributed by atoms with Gasteiger partial charge in [-0.15, -0.1) is 0 Å². The van der Waals surface area contributed by atoms with Crippen molar-refractivity contribution in [1.82, 2.24) is 29.5 Å². The predicted molar refractivity (Wildman–Crippen MR) is 106 cm³/mol. The Morgan fingerprint density at radius 1 is 1.24 bits per heavy atom. The summed E-state index contributed by atoms with van der Waals surface area (Å²) >= 11 is 0. The minimum absolute atomic E-state index is 0.182. The summed E-state index contributed by atoms with van der Waals surface area (Å²) in [6, 6.07) is 0. The van der Waals surface area contributed by atoms with E-state index in [-0.39, 0.29) is 23.3 Å². The number of carbonyl (C=O) groups is 2. The minimum atomic E-state index is -0.354. The Kier molecular flexibility index (Phi) is 4.44. The van der Waals surface area contributed by atoms with Crippen molar-refractivity contribution in [1.29, 1.82) is 0 Å². The first-order chi connectivity index (χ1) is 14.1. The molecule has 2 fully saturated rings. The third kappa shape index (κ3) is 3.24. The van der Waals surface area contributed by atoms with Crippen molar-refractivity contribution in [3.63, 3.8) is 0 Å². The second kappa shape index (κ2) is 7.00. The van der Waals surface area contributed by atoms with E-state index in [1.54, 1.807) is 11.0 Å². The number of aryl methyl sites for hydroxylation is 2. The zero-order valence-corrected chi connectivity index (χ0v) is 16.9. The van der Waals surface area contributed by atoms with E-state index in [1.165, 1.54) is 0 Å². The zero-order valence-electron chi connectivity index (χ0n) is 16.9. The first kappa shape index (κ1) is 18.4. The highest BCUT2D eigenvalue weighted by atomic mass is 16.2. The number of hydrogen-bond acceptors (Lipinski definition) is 4. The standard InChI is InChI=1S/C21H28N6O2/c1-25-13-15(12-24-25)2-5-18(28)26-10-7-21(8-11-26)19-17(22-14-23-19)6-9-27(21)20(29)16-3-4-16/h12-14,16H,2-11H2,1H3,(H,22,23). The molecule has 154 valence electrons. The lowest BCUT2D eigenvalue weighted by Crippen LogP contribution is -2.59. The van der Waals surface area contributed by atoms with E-state index < -0.39 is 0 Å². The molecule has 0 aromatic carbocycles. The molecule has 1 saturated heterocycles. The SMILES string of the molecule is Cn1cc(CCC(=O)N2CCC3(CC2)c2nc[nH]c2CCN3C(=O)C2CC2)cn1. The zero-order chi connectivity index (χ0) is 20.0. The molecule has 0 bridgehead atoms. The fraction of sp³-hybridized carbons (Fsp3) is 0.619. The Balaban J connectivity index is 1.29. The van der Waals surface area contributed by atoms with Gasteiger partial charge in [0.05, 0.1) is 23.8 Å². The van der Waals surface area contributed by atoms with E-state index in [0.717, 1.165) is 55.6 Å². The summed E-state index contributed by atoms with van der Waals surface area (Å²) < 4.78 is 1.76. The molecule has 2 aromatic heterocycles. The average Bonchev–Trinajstić information content (AvgIpc) is 3.32. The normalized spacial score (nSPS) is 20.7. The van der Waals surface area contributed by atoms with E-state index in [9.17, 15) is 9.59 Å². The molecule has 1 saturated carbocycles. The van der Waals surface area contributed by atoms with Crippen molar-refractivity contribution in [2.24, 2.45) is 13.0 Å². The number of aromatic nitrogens is 4. The Hall–Kier alpha value is -2.64. The van der Waals surface area contributed by atoms with Crippen LogP contribution in [0.25, 0.3) is 0 Å². The van der Waals surface area contributed by atoms with Crippen molar-refractivity contribution in [2.45, 2.75) is 50.5 Å². The van der Waals surface area contributed by atoms with E-state index in [2.05, 4.69) is 20.0 Å². The van der Waals surface area contributed by atoms with Crippen molar-refractivity contribution < 1.29 is 9.59 Å². The number of likely N-dealkylation sites (tertiary alicyclic amines) is 1. The van der Waals surface area contributed by atoms with Crippen LogP contribution in [0.15, 0.2) is 18.7 Å². The van der Waals surface area contributed by atoms with Crippen LogP contribution in [0.5, 0.6) is 0 Å². The number of H-pyrrole nitrogens is 1. The van der Waals surface area contributed by atoms with Gasteiger partial charge in [-0.25, -0.2) is 4.98 Å². The first-order valence-electron chi connectivity index (χ1n) is 10.7. The van der Waals surface area contributed by atoms with Crippen molar-refractivity contribution >= 4 is 11.8 Å². The molecular weight excluding hydrogens is 368 g/mol. The van der Waals surface area contributed by atoms with Gasteiger partial charge in [0.25, 0.3) is 0 Å². The molecule has 1 aliphatic carbocycles. The monoisotopic (exact) mass is 396 g/mol. The van der Waals surface area contributed by atoms with Gasteiger partial charge in [0, 0.05) is 57.3 Å². The maximum atomic E-state index is 13.0. The summed E-state index contributed by atoms with van der Waals surface area (Å²) in [6.07, 6.45) is 11.1. The number of hydrogen-bond donors (Lipinski definition) is 1. The molecule has 0 unspecified atom stereocenters. The van der Waals surface area contributed by atoms with Gasteiger partial charge >= 0.3 is 0 Å². The highest BCUT2D eigenvalue weighted by Crippen LogP contribution is 2.45. The third-order valence-electron chi connectivity index (χ3n) is 6.78. The summed E-state index contributed by atoms with van der Waals surface area (Å²) in [4.78, 5) is 37.8.